The largest absolute Gasteiger partial charge is 0.392 e. The second-order valence-corrected chi connectivity index (χ2v) is 4.61. The molecular formula is C15H15NO. The maximum atomic E-state index is 8.99. The predicted molar refractivity (Wildman–Crippen MR) is 67.6 cm³/mol. The first-order valence-electron chi connectivity index (χ1n) is 6.03. The standard InChI is InChI=1S/C15H15NO/c17-10-11-1-3-13(4-2-11)15-8-7-14(9-16-15)12-5-6-12/h1-4,7-9,12,17H,5-6,10H2. The number of rotatable bonds is 3. The molecule has 1 aliphatic rings. The van der Waals surface area contributed by atoms with Crippen LogP contribution in [0.25, 0.3) is 11.3 Å². The first-order chi connectivity index (χ1) is 8.36. The third-order valence-corrected chi connectivity index (χ3v) is 3.27. The Morgan fingerprint density at radius 3 is 2.35 bits per heavy atom. The normalized spacial score (nSPS) is 14.9. The molecule has 0 aliphatic heterocycles. The van der Waals surface area contributed by atoms with Crippen LogP contribution in [0.15, 0.2) is 42.6 Å². The van der Waals surface area contributed by atoms with E-state index in [1.165, 1.54) is 18.4 Å². The molecular weight excluding hydrogens is 210 g/mol. The molecule has 1 fully saturated rings. The molecule has 1 saturated carbocycles. The average molecular weight is 225 g/mol. The number of benzene rings is 1. The molecule has 1 aromatic heterocycles. The molecule has 0 spiro atoms. The summed E-state index contributed by atoms with van der Waals surface area (Å²) in [5.74, 6) is 0.758. The van der Waals surface area contributed by atoms with Crippen LogP contribution in [-0.2, 0) is 6.61 Å². The van der Waals surface area contributed by atoms with Crippen LogP contribution in [0, 0.1) is 0 Å². The van der Waals surface area contributed by atoms with E-state index >= 15 is 0 Å². The lowest BCUT2D eigenvalue weighted by molar-refractivity contribution is 0.282. The summed E-state index contributed by atoms with van der Waals surface area (Å²) in [5, 5.41) is 8.99. The smallest absolute Gasteiger partial charge is 0.0702 e. The molecule has 86 valence electrons. The van der Waals surface area contributed by atoms with Crippen molar-refractivity contribution >= 4 is 0 Å². The van der Waals surface area contributed by atoms with Crippen molar-refractivity contribution in [2.75, 3.05) is 0 Å². The van der Waals surface area contributed by atoms with Crippen molar-refractivity contribution in [3.8, 4) is 11.3 Å². The van der Waals surface area contributed by atoms with Gasteiger partial charge >= 0.3 is 0 Å². The Hall–Kier alpha value is -1.67. The first kappa shape index (κ1) is 10.5. The number of pyridine rings is 1. The van der Waals surface area contributed by atoms with Crippen LogP contribution in [-0.4, -0.2) is 10.1 Å². The highest BCUT2D eigenvalue weighted by atomic mass is 16.3. The number of aliphatic hydroxyl groups is 1. The van der Waals surface area contributed by atoms with Gasteiger partial charge in [0.2, 0.25) is 0 Å². The van der Waals surface area contributed by atoms with E-state index in [0.29, 0.717) is 0 Å². The maximum absolute atomic E-state index is 8.99. The average Bonchev–Trinajstić information content (AvgIpc) is 3.24. The van der Waals surface area contributed by atoms with E-state index in [4.69, 9.17) is 5.11 Å². The van der Waals surface area contributed by atoms with Gasteiger partial charge in [-0.05, 0) is 36.0 Å². The summed E-state index contributed by atoms with van der Waals surface area (Å²) in [7, 11) is 0. The highest BCUT2D eigenvalue weighted by Crippen LogP contribution is 2.39. The van der Waals surface area contributed by atoms with E-state index in [1.54, 1.807) is 0 Å². The molecule has 1 aromatic carbocycles. The summed E-state index contributed by atoms with van der Waals surface area (Å²) in [4.78, 5) is 4.50. The molecule has 1 N–H and O–H groups in total. The van der Waals surface area contributed by atoms with Crippen molar-refractivity contribution in [2.45, 2.75) is 25.4 Å². The van der Waals surface area contributed by atoms with E-state index in [-0.39, 0.29) is 6.61 Å². The van der Waals surface area contributed by atoms with Gasteiger partial charge in [-0.2, -0.15) is 0 Å². The van der Waals surface area contributed by atoms with Gasteiger partial charge in [0, 0.05) is 11.8 Å². The van der Waals surface area contributed by atoms with Crippen molar-refractivity contribution < 1.29 is 5.11 Å². The molecule has 2 heteroatoms. The van der Waals surface area contributed by atoms with Crippen molar-refractivity contribution in [3.05, 3.63) is 53.7 Å². The van der Waals surface area contributed by atoms with Crippen molar-refractivity contribution in [1.29, 1.82) is 0 Å². The van der Waals surface area contributed by atoms with Gasteiger partial charge in [-0.1, -0.05) is 30.3 Å². The minimum Gasteiger partial charge on any atom is -0.392 e. The monoisotopic (exact) mass is 225 g/mol. The minimum absolute atomic E-state index is 0.0916. The molecule has 0 amide bonds. The van der Waals surface area contributed by atoms with Crippen LogP contribution >= 0.6 is 0 Å². The Kier molecular flexibility index (Phi) is 2.65. The molecule has 2 aromatic rings. The lowest BCUT2D eigenvalue weighted by Crippen LogP contribution is -1.87. The highest BCUT2D eigenvalue weighted by Gasteiger charge is 2.23. The predicted octanol–water partition coefficient (Wildman–Crippen LogP) is 3.12. The van der Waals surface area contributed by atoms with E-state index in [1.807, 2.05) is 30.5 Å². The van der Waals surface area contributed by atoms with Gasteiger partial charge in [-0.3, -0.25) is 4.98 Å². The van der Waals surface area contributed by atoms with E-state index in [0.717, 1.165) is 22.7 Å². The van der Waals surface area contributed by atoms with Crippen LogP contribution in [0.4, 0.5) is 0 Å². The van der Waals surface area contributed by atoms with Crippen LogP contribution in [0.5, 0.6) is 0 Å². The Bertz CT molecular complexity index is 497. The second-order valence-electron chi connectivity index (χ2n) is 4.61. The number of hydrogen-bond donors (Lipinski definition) is 1. The van der Waals surface area contributed by atoms with Gasteiger partial charge in [0.1, 0.15) is 0 Å². The Morgan fingerprint density at radius 2 is 1.82 bits per heavy atom. The molecule has 0 bridgehead atoms. The topological polar surface area (TPSA) is 33.1 Å². The summed E-state index contributed by atoms with van der Waals surface area (Å²) in [5.41, 5.74) is 4.40. The minimum atomic E-state index is 0.0916. The summed E-state index contributed by atoms with van der Waals surface area (Å²) in [6.07, 6.45) is 4.62. The summed E-state index contributed by atoms with van der Waals surface area (Å²) >= 11 is 0. The van der Waals surface area contributed by atoms with Gasteiger partial charge < -0.3 is 5.11 Å². The lowest BCUT2D eigenvalue weighted by Gasteiger charge is -2.03. The zero-order valence-corrected chi connectivity index (χ0v) is 9.63. The SMILES string of the molecule is OCc1ccc(-c2ccc(C3CC3)cn2)cc1. The van der Waals surface area contributed by atoms with Crippen LogP contribution in [0.3, 0.4) is 0 Å². The van der Waals surface area contributed by atoms with Gasteiger partial charge in [0.25, 0.3) is 0 Å². The van der Waals surface area contributed by atoms with Crippen molar-refractivity contribution in [1.82, 2.24) is 4.98 Å². The maximum Gasteiger partial charge on any atom is 0.0702 e. The molecule has 1 heterocycles. The first-order valence-corrected chi connectivity index (χ1v) is 6.03. The molecule has 17 heavy (non-hydrogen) atoms. The molecule has 0 atom stereocenters. The molecule has 0 unspecified atom stereocenters. The van der Waals surface area contributed by atoms with Crippen LogP contribution in [0.1, 0.15) is 29.9 Å². The quantitative estimate of drug-likeness (QED) is 0.870. The van der Waals surface area contributed by atoms with Crippen molar-refractivity contribution in [3.63, 3.8) is 0 Å². The Balaban J connectivity index is 1.86. The number of aromatic nitrogens is 1. The zero-order valence-electron chi connectivity index (χ0n) is 9.63. The fraction of sp³-hybridized carbons (Fsp3) is 0.267. The molecule has 0 radical (unpaired) electrons. The summed E-state index contributed by atoms with van der Waals surface area (Å²) < 4.78 is 0. The summed E-state index contributed by atoms with van der Waals surface area (Å²) in [6, 6.07) is 12.1. The fourth-order valence-electron chi connectivity index (χ4n) is 2.02. The number of aliphatic hydroxyl groups excluding tert-OH is 1. The zero-order chi connectivity index (χ0) is 11.7. The third-order valence-electron chi connectivity index (χ3n) is 3.27. The molecule has 2 nitrogen and oxygen atoms in total. The van der Waals surface area contributed by atoms with Gasteiger partial charge in [-0.15, -0.1) is 0 Å². The number of nitrogens with zero attached hydrogens (tertiary/aromatic N) is 1. The van der Waals surface area contributed by atoms with Gasteiger partial charge in [0.05, 0.1) is 12.3 Å². The number of hydrogen-bond acceptors (Lipinski definition) is 2. The third kappa shape index (κ3) is 2.22. The van der Waals surface area contributed by atoms with Crippen molar-refractivity contribution in [2.24, 2.45) is 0 Å². The summed E-state index contributed by atoms with van der Waals surface area (Å²) in [6.45, 7) is 0.0916. The van der Waals surface area contributed by atoms with E-state index < -0.39 is 0 Å². The Labute approximate surface area is 101 Å². The molecule has 0 saturated heterocycles. The van der Waals surface area contributed by atoms with Crippen LogP contribution in [0.2, 0.25) is 0 Å². The van der Waals surface area contributed by atoms with Gasteiger partial charge in [-0.25, -0.2) is 0 Å². The highest BCUT2D eigenvalue weighted by molar-refractivity contribution is 5.59. The second kappa shape index (κ2) is 4.30. The Morgan fingerprint density at radius 1 is 1.06 bits per heavy atom. The van der Waals surface area contributed by atoms with E-state index in [2.05, 4.69) is 17.1 Å². The molecule has 1 aliphatic carbocycles. The van der Waals surface area contributed by atoms with Gasteiger partial charge in [0.15, 0.2) is 0 Å². The van der Waals surface area contributed by atoms with Crippen LogP contribution < -0.4 is 0 Å². The molecule has 3 rings (SSSR count). The fourth-order valence-corrected chi connectivity index (χ4v) is 2.02. The van der Waals surface area contributed by atoms with E-state index in [9.17, 15) is 0 Å². The lowest BCUT2D eigenvalue weighted by atomic mass is 10.1.